The number of nitrogens with one attached hydrogen (secondary N) is 1. The molecule has 4 aromatic heterocycles. The lowest BCUT2D eigenvalue weighted by atomic mass is 10.0. The van der Waals surface area contributed by atoms with Crippen molar-refractivity contribution in [1.29, 1.82) is 0 Å². The third-order valence-electron chi connectivity index (χ3n) is 14.7. The van der Waals surface area contributed by atoms with Gasteiger partial charge in [-0.2, -0.15) is 0 Å². The molecule has 6 heterocycles. The number of carbonyl (C=O) groups excluding carboxylic acids is 1. The van der Waals surface area contributed by atoms with E-state index in [0.29, 0.717) is 17.4 Å². The third kappa shape index (κ3) is 14.8. The van der Waals surface area contributed by atoms with E-state index in [1.54, 1.807) is 19.4 Å². The van der Waals surface area contributed by atoms with Gasteiger partial charge < -0.3 is 19.5 Å². The smallest absolute Gasteiger partial charge is 0.332 e. The predicted octanol–water partition coefficient (Wildman–Crippen LogP) is 11.8. The van der Waals surface area contributed by atoms with Crippen molar-refractivity contribution in [2.75, 3.05) is 29.9 Å². The number of aromatic nitrogens is 7. The molecule has 66 heavy (non-hydrogen) atoms. The summed E-state index contributed by atoms with van der Waals surface area (Å²) < 4.78 is 9.55. The number of thiazole rings is 1. The highest BCUT2D eigenvalue weighted by Crippen LogP contribution is 2.43. The second-order valence-corrected chi connectivity index (χ2v) is 20.9. The van der Waals surface area contributed by atoms with E-state index in [9.17, 15) is 14.4 Å². The average molecular weight is 928 g/mol. The summed E-state index contributed by atoms with van der Waals surface area (Å²) in [7, 11) is 1.58. The number of anilines is 2. The molecule has 1 amide bonds. The van der Waals surface area contributed by atoms with Crippen LogP contribution < -0.4 is 21.5 Å². The standard InChI is InChI=1S/C52H81N9O4S/c1-40(61-39-55-47-46(61)50(63)60(52(64)58(47)2)37-44-30-32-65-44)48(62)56-45-38-66-49(57-45)43-34-53-51(54-35-43)59-31-28-26-24-22-20-18-16-14-12-10-8-6-4-3-5-7-9-11-13-15-17-19-21-23-25-27-29-41-33-42(41)36-59/h34-35,38-42,44H,3-33,36-37H2,1-2H3,(H,56,62)/t40-,41?,42?,44?/m0/s1. The first-order valence-corrected chi connectivity index (χ1v) is 27.4. The first-order valence-electron chi connectivity index (χ1n) is 26.5. The van der Waals surface area contributed by atoms with Crippen LogP contribution in [0.25, 0.3) is 21.7 Å². The predicted molar refractivity (Wildman–Crippen MR) is 269 cm³/mol. The fourth-order valence-corrected chi connectivity index (χ4v) is 10.9. The van der Waals surface area contributed by atoms with Crippen LogP contribution in [0.5, 0.6) is 0 Å². The summed E-state index contributed by atoms with van der Waals surface area (Å²) in [5.74, 6) is 2.41. The van der Waals surface area contributed by atoms with Crippen LogP contribution >= 0.6 is 11.3 Å². The summed E-state index contributed by atoms with van der Waals surface area (Å²) in [5.41, 5.74) is 0.291. The van der Waals surface area contributed by atoms with Gasteiger partial charge in [-0.25, -0.2) is 24.7 Å². The number of carbonyl (C=O) groups is 1. The van der Waals surface area contributed by atoms with Crippen molar-refractivity contribution >= 4 is 40.2 Å². The number of rotatable bonds is 7. The van der Waals surface area contributed by atoms with Crippen molar-refractivity contribution < 1.29 is 9.53 Å². The first-order chi connectivity index (χ1) is 32.4. The Morgan fingerprint density at radius 1 is 0.742 bits per heavy atom. The molecule has 364 valence electrons. The minimum absolute atomic E-state index is 0.165. The van der Waals surface area contributed by atoms with Gasteiger partial charge in [-0.3, -0.25) is 18.7 Å². The minimum atomic E-state index is -0.797. The number of hydrogen-bond donors (Lipinski definition) is 1. The Balaban J connectivity index is 0.909. The molecule has 0 spiro atoms. The van der Waals surface area contributed by atoms with Crippen LogP contribution in [0.4, 0.5) is 11.8 Å². The van der Waals surface area contributed by atoms with E-state index in [1.807, 2.05) is 12.4 Å². The molecule has 4 aromatic rings. The quantitative estimate of drug-likeness (QED) is 0.192. The first kappa shape index (κ1) is 50.0. The normalized spacial score (nSPS) is 23.1. The molecule has 0 aromatic carbocycles. The SMILES string of the molecule is C[C@@H](C(=O)Nc1csc(-c2cnc(N3CCCCCCCCCCCCCCCCCCCCCCCCCCCCC4CC4C3)nc2)n1)n1cnc2c1c(=O)n(CC1CCO1)c(=O)n2C. The number of fused-ring (bicyclic) bond motifs is 2. The fourth-order valence-electron chi connectivity index (χ4n) is 10.2. The number of amides is 1. The van der Waals surface area contributed by atoms with Gasteiger partial charge in [0.1, 0.15) is 16.9 Å². The topological polar surface area (TPSA) is 142 Å². The summed E-state index contributed by atoms with van der Waals surface area (Å²) in [5, 5.41) is 5.44. The lowest BCUT2D eigenvalue weighted by molar-refractivity contribution is -0.118. The molecule has 1 N–H and O–H groups in total. The van der Waals surface area contributed by atoms with Crippen LogP contribution in [-0.4, -0.2) is 65.3 Å². The fraction of sp³-hybridized carbons (Fsp3) is 0.750. The maximum absolute atomic E-state index is 13.6. The molecule has 1 aliphatic carbocycles. The Kier molecular flexibility index (Phi) is 20.1. The van der Waals surface area contributed by atoms with E-state index in [0.717, 1.165) is 49.3 Å². The van der Waals surface area contributed by atoms with Gasteiger partial charge in [0, 0.05) is 50.1 Å². The highest BCUT2D eigenvalue weighted by Gasteiger charge is 2.38. The summed E-state index contributed by atoms with van der Waals surface area (Å²) in [6, 6.07) is -0.797. The van der Waals surface area contributed by atoms with Gasteiger partial charge in [0.25, 0.3) is 5.56 Å². The van der Waals surface area contributed by atoms with Crippen LogP contribution in [0, 0.1) is 11.8 Å². The van der Waals surface area contributed by atoms with Gasteiger partial charge in [-0.1, -0.05) is 167 Å². The van der Waals surface area contributed by atoms with Crippen molar-refractivity contribution in [3.63, 3.8) is 0 Å². The number of aryl methyl sites for hydroxylation is 1. The maximum Gasteiger partial charge on any atom is 0.332 e. The molecule has 3 aliphatic rings. The van der Waals surface area contributed by atoms with Crippen molar-refractivity contribution in [3.05, 3.63) is 44.9 Å². The van der Waals surface area contributed by atoms with Crippen LogP contribution in [-0.2, 0) is 23.1 Å². The van der Waals surface area contributed by atoms with E-state index < -0.39 is 17.3 Å². The second-order valence-electron chi connectivity index (χ2n) is 20.0. The van der Waals surface area contributed by atoms with Gasteiger partial charge in [0.15, 0.2) is 11.2 Å². The van der Waals surface area contributed by atoms with E-state index in [4.69, 9.17) is 19.7 Å². The van der Waals surface area contributed by atoms with Crippen LogP contribution in [0.15, 0.2) is 33.7 Å². The Morgan fingerprint density at radius 3 is 1.80 bits per heavy atom. The molecule has 4 atom stereocenters. The molecule has 14 heteroatoms. The van der Waals surface area contributed by atoms with Gasteiger partial charge in [-0.15, -0.1) is 11.3 Å². The number of nitrogens with zero attached hydrogens (tertiary/aromatic N) is 8. The zero-order valence-corrected chi connectivity index (χ0v) is 41.4. The lowest BCUT2D eigenvalue weighted by Gasteiger charge is -2.26. The number of ether oxygens (including phenoxy) is 1. The Hall–Kier alpha value is -3.91. The zero-order chi connectivity index (χ0) is 45.9. The average Bonchev–Trinajstić information content (AvgIpc) is 3.63. The molecule has 7 rings (SSSR count). The van der Waals surface area contributed by atoms with Crippen LogP contribution in [0.3, 0.4) is 0 Å². The van der Waals surface area contributed by atoms with E-state index in [-0.39, 0.29) is 29.7 Å². The van der Waals surface area contributed by atoms with Crippen molar-refractivity contribution in [3.8, 4) is 10.6 Å². The van der Waals surface area contributed by atoms with Crippen LogP contribution in [0.1, 0.15) is 199 Å². The highest BCUT2D eigenvalue weighted by molar-refractivity contribution is 7.13. The lowest BCUT2D eigenvalue weighted by Crippen LogP contribution is -2.45. The molecule has 0 bridgehead atoms. The van der Waals surface area contributed by atoms with Crippen molar-refractivity contribution in [1.82, 2.24) is 33.6 Å². The third-order valence-corrected chi connectivity index (χ3v) is 15.6. The highest BCUT2D eigenvalue weighted by atomic mass is 32.1. The van der Waals surface area contributed by atoms with E-state index in [2.05, 4.69) is 15.2 Å². The summed E-state index contributed by atoms with van der Waals surface area (Å²) in [6.45, 7) is 4.50. The molecule has 1 saturated carbocycles. The molecule has 13 nitrogen and oxygen atoms in total. The molecule has 3 unspecified atom stereocenters. The summed E-state index contributed by atoms with van der Waals surface area (Å²) >= 11 is 1.42. The summed E-state index contributed by atoms with van der Waals surface area (Å²) in [4.78, 5) is 61.5. The molecular formula is C52H81N9O4S. The minimum Gasteiger partial charge on any atom is -0.376 e. The zero-order valence-electron chi connectivity index (χ0n) is 40.6. The van der Waals surface area contributed by atoms with E-state index >= 15 is 0 Å². The van der Waals surface area contributed by atoms with Crippen molar-refractivity contribution in [2.45, 2.75) is 212 Å². The molecule has 2 saturated heterocycles. The molecule has 3 fully saturated rings. The van der Waals surface area contributed by atoms with Gasteiger partial charge in [-0.05, 0) is 38.0 Å². The number of hydrogen-bond acceptors (Lipinski definition) is 10. The largest absolute Gasteiger partial charge is 0.376 e. The Labute approximate surface area is 398 Å². The van der Waals surface area contributed by atoms with Gasteiger partial charge in [0.2, 0.25) is 11.9 Å². The second kappa shape index (κ2) is 26.6. The number of imidazole rings is 1. The van der Waals surface area contributed by atoms with Crippen molar-refractivity contribution in [2.24, 2.45) is 18.9 Å². The molecule has 2 aliphatic heterocycles. The van der Waals surface area contributed by atoms with Crippen LogP contribution in [0.2, 0.25) is 0 Å². The molecular weight excluding hydrogens is 847 g/mol. The van der Waals surface area contributed by atoms with E-state index in [1.165, 1.54) is 205 Å². The monoisotopic (exact) mass is 928 g/mol. The molecule has 0 radical (unpaired) electrons. The maximum atomic E-state index is 13.6. The Morgan fingerprint density at radius 2 is 1.27 bits per heavy atom. The van der Waals surface area contributed by atoms with Gasteiger partial charge in [0.05, 0.1) is 19.0 Å². The van der Waals surface area contributed by atoms with Gasteiger partial charge >= 0.3 is 5.69 Å². The summed E-state index contributed by atoms with van der Waals surface area (Å²) in [6.07, 6.45) is 44.7. The Bertz CT molecular complexity index is 2180.